The highest BCUT2D eigenvalue weighted by Crippen LogP contribution is 2.29. The van der Waals surface area contributed by atoms with Crippen molar-refractivity contribution >= 4 is 11.8 Å². The fourth-order valence-electron chi connectivity index (χ4n) is 1.09. The van der Waals surface area contributed by atoms with Crippen LogP contribution < -0.4 is 4.74 Å². The maximum atomic E-state index is 9.43. The average Bonchev–Trinajstić information content (AvgIpc) is 1.99. The zero-order chi connectivity index (χ0) is 10.8. The maximum Gasteiger partial charge on any atom is 0.124 e. The van der Waals surface area contributed by atoms with Crippen LogP contribution in [-0.4, -0.2) is 17.0 Å². The molecular formula is C11H16O2S. The summed E-state index contributed by atoms with van der Waals surface area (Å²) >= 11 is 1.58. The van der Waals surface area contributed by atoms with Crippen molar-refractivity contribution in [3.63, 3.8) is 0 Å². The second kappa shape index (κ2) is 4.13. The first kappa shape index (κ1) is 11.2. The molecular weight excluding hydrogens is 196 g/mol. The lowest BCUT2D eigenvalue weighted by Crippen LogP contribution is -2.22. The minimum atomic E-state index is -0.233. The Morgan fingerprint density at radius 1 is 1.21 bits per heavy atom. The molecule has 0 atom stereocenters. The van der Waals surface area contributed by atoms with E-state index in [0.29, 0.717) is 5.75 Å². The first-order valence-corrected chi connectivity index (χ1v) is 5.70. The van der Waals surface area contributed by atoms with Crippen LogP contribution in [0.15, 0.2) is 23.1 Å². The van der Waals surface area contributed by atoms with Gasteiger partial charge in [0.1, 0.15) is 17.1 Å². The molecule has 0 aliphatic rings. The van der Waals surface area contributed by atoms with E-state index in [0.717, 1.165) is 4.90 Å². The van der Waals surface area contributed by atoms with Crippen molar-refractivity contribution in [3.05, 3.63) is 18.2 Å². The molecule has 0 aliphatic heterocycles. The van der Waals surface area contributed by atoms with Gasteiger partial charge in [0, 0.05) is 11.0 Å². The van der Waals surface area contributed by atoms with Crippen LogP contribution >= 0.6 is 11.8 Å². The van der Waals surface area contributed by atoms with E-state index in [1.54, 1.807) is 23.9 Å². The third-order valence-corrected chi connectivity index (χ3v) is 2.23. The van der Waals surface area contributed by atoms with Crippen molar-refractivity contribution in [1.82, 2.24) is 0 Å². The van der Waals surface area contributed by atoms with Gasteiger partial charge in [0.25, 0.3) is 0 Å². The van der Waals surface area contributed by atoms with Crippen LogP contribution in [0.3, 0.4) is 0 Å². The molecule has 0 aromatic heterocycles. The van der Waals surface area contributed by atoms with Crippen LogP contribution in [0.2, 0.25) is 0 Å². The van der Waals surface area contributed by atoms with Gasteiger partial charge in [-0.2, -0.15) is 0 Å². The van der Waals surface area contributed by atoms with Crippen molar-refractivity contribution in [1.29, 1.82) is 0 Å². The highest BCUT2D eigenvalue weighted by Gasteiger charge is 2.12. The lowest BCUT2D eigenvalue weighted by molar-refractivity contribution is 0.130. The minimum Gasteiger partial charge on any atom is -0.508 e. The van der Waals surface area contributed by atoms with Gasteiger partial charge in [0.15, 0.2) is 0 Å². The normalized spacial score (nSPS) is 11.4. The van der Waals surface area contributed by atoms with E-state index < -0.39 is 0 Å². The fourth-order valence-corrected chi connectivity index (χ4v) is 1.56. The smallest absolute Gasteiger partial charge is 0.124 e. The molecule has 0 saturated heterocycles. The number of benzene rings is 1. The molecule has 0 bridgehead atoms. The summed E-state index contributed by atoms with van der Waals surface area (Å²) in [5.41, 5.74) is -0.233. The Morgan fingerprint density at radius 2 is 1.86 bits per heavy atom. The second-order valence-corrected chi connectivity index (χ2v) is 4.96. The molecule has 1 N–H and O–H groups in total. The molecule has 0 radical (unpaired) electrons. The molecule has 0 amide bonds. The summed E-state index contributed by atoms with van der Waals surface area (Å²) in [6.45, 7) is 5.95. The Balaban J connectivity index is 2.92. The van der Waals surface area contributed by atoms with E-state index in [4.69, 9.17) is 4.74 Å². The lowest BCUT2D eigenvalue weighted by Gasteiger charge is -2.21. The Kier molecular flexibility index (Phi) is 3.32. The average molecular weight is 212 g/mol. The van der Waals surface area contributed by atoms with Crippen molar-refractivity contribution in [3.8, 4) is 11.5 Å². The van der Waals surface area contributed by atoms with Crippen LogP contribution in [0.1, 0.15) is 20.8 Å². The third-order valence-electron chi connectivity index (χ3n) is 1.52. The zero-order valence-electron chi connectivity index (χ0n) is 9.00. The first-order chi connectivity index (χ1) is 6.40. The number of hydrogen-bond donors (Lipinski definition) is 1. The molecule has 14 heavy (non-hydrogen) atoms. The molecule has 2 nitrogen and oxygen atoms in total. The topological polar surface area (TPSA) is 29.5 Å². The standard InChI is InChI=1S/C11H16O2S/c1-11(2,3)13-9-5-8(12)6-10(7-9)14-4/h5-7,12H,1-4H3. The van der Waals surface area contributed by atoms with Crippen LogP contribution in [-0.2, 0) is 0 Å². The summed E-state index contributed by atoms with van der Waals surface area (Å²) in [7, 11) is 0. The van der Waals surface area contributed by atoms with Crippen molar-refractivity contribution in [2.24, 2.45) is 0 Å². The highest BCUT2D eigenvalue weighted by atomic mass is 32.2. The number of phenols is 1. The van der Waals surface area contributed by atoms with Gasteiger partial charge in [-0.05, 0) is 39.2 Å². The SMILES string of the molecule is CSc1cc(O)cc(OC(C)(C)C)c1. The maximum absolute atomic E-state index is 9.43. The molecule has 0 fully saturated rings. The summed E-state index contributed by atoms with van der Waals surface area (Å²) < 4.78 is 5.65. The van der Waals surface area contributed by atoms with Gasteiger partial charge >= 0.3 is 0 Å². The molecule has 3 heteroatoms. The van der Waals surface area contributed by atoms with Gasteiger partial charge in [0.05, 0.1) is 0 Å². The van der Waals surface area contributed by atoms with Gasteiger partial charge in [-0.15, -0.1) is 11.8 Å². The summed E-state index contributed by atoms with van der Waals surface area (Å²) in [4.78, 5) is 1.00. The van der Waals surface area contributed by atoms with Crippen LogP contribution in [0, 0.1) is 0 Å². The van der Waals surface area contributed by atoms with E-state index in [2.05, 4.69) is 0 Å². The van der Waals surface area contributed by atoms with Gasteiger partial charge in [0.2, 0.25) is 0 Å². The molecule has 0 aliphatic carbocycles. The number of aromatic hydroxyl groups is 1. The lowest BCUT2D eigenvalue weighted by atomic mass is 10.2. The number of rotatable bonds is 2. The van der Waals surface area contributed by atoms with Crippen molar-refractivity contribution in [2.45, 2.75) is 31.3 Å². The predicted molar refractivity (Wildman–Crippen MR) is 60.3 cm³/mol. The van der Waals surface area contributed by atoms with E-state index in [1.807, 2.05) is 33.1 Å². The second-order valence-electron chi connectivity index (χ2n) is 4.08. The van der Waals surface area contributed by atoms with Gasteiger partial charge in [-0.1, -0.05) is 0 Å². The van der Waals surface area contributed by atoms with Crippen LogP contribution in [0.5, 0.6) is 11.5 Å². The largest absolute Gasteiger partial charge is 0.508 e. The number of phenolic OH excluding ortho intramolecular Hbond substituents is 1. The Hall–Kier alpha value is -0.830. The fraction of sp³-hybridized carbons (Fsp3) is 0.455. The Morgan fingerprint density at radius 3 is 2.36 bits per heavy atom. The summed E-state index contributed by atoms with van der Waals surface area (Å²) in [6.07, 6.45) is 1.97. The van der Waals surface area contributed by atoms with Crippen LogP contribution in [0.4, 0.5) is 0 Å². The summed E-state index contributed by atoms with van der Waals surface area (Å²) in [5, 5.41) is 9.43. The van der Waals surface area contributed by atoms with E-state index in [1.165, 1.54) is 0 Å². The molecule has 78 valence electrons. The number of hydrogen-bond acceptors (Lipinski definition) is 3. The van der Waals surface area contributed by atoms with Crippen molar-refractivity contribution in [2.75, 3.05) is 6.26 Å². The van der Waals surface area contributed by atoms with E-state index in [-0.39, 0.29) is 11.4 Å². The Labute approximate surface area is 89.3 Å². The molecule has 0 unspecified atom stereocenters. The first-order valence-electron chi connectivity index (χ1n) is 4.48. The van der Waals surface area contributed by atoms with Crippen LogP contribution in [0.25, 0.3) is 0 Å². The molecule has 0 spiro atoms. The van der Waals surface area contributed by atoms with E-state index >= 15 is 0 Å². The third kappa shape index (κ3) is 3.50. The number of thioether (sulfide) groups is 1. The zero-order valence-corrected chi connectivity index (χ0v) is 9.81. The summed E-state index contributed by atoms with van der Waals surface area (Å²) in [5.74, 6) is 0.956. The monoisotopic (exact) mass is 212 g/mol. The minimum absolute atomic E-state index is 0.233. The molecule has 1 rings (SSSR count). The predicted octanol–water partition coefficient (Wildman–Crippen LogP) is 3.29. The van der Waals surface area contributed by atoms with Crippen molar-refractivity contribution < 1.29 is 9.84 Å². The van der Waals surface area contributed by atoms with Gasteiger partial charge in [-0.3, -0.25) is 0 Å². The quantitative estimate of drug-likeness (QED) is 0.763. The van der Waals surface area contributed by atoms with Gasteiger partial charge < -0.3 is 9.84 Å². The van der Waals surface area contributed by atoms with Gasteiger partial charge in [-0.25, -0.2) is 0 Å². The molecule has 1 aromatic rings. The molecule has 0 saturated carbocycles. The Bertz CT molecular complexity index is 316. The molecule has 1 aromatic carbocycles. The summed E-state index contributed by atoms with van der Waals surface area (Å²) in [6, 6.07) is 5.28. The highest BCUT2D eigenvalue weighted by molar-refractivity contribution is 7.98. The van der Waals surface area contributed by atoms with E-state index in [9.17, 15) is 5.11 Å². The molecule has 0 heterocycles. The number of ether oxygens (including phenoxy) is 1.